The lowest BCUT2D eigenvalue weighted by Gasteiger charge is -2.37. The van der Waals surface area contributed by atoms with E-state index in [-0.39, 0.29) is 5.91 Å². The summed E-state index contributed by atoms with van der Waals surface area (Å²) in [5, 5.41) is 9.38. The number of benzene rings is 1. The zero-order chi connectivity index (χ0) is 18.7. The molecule has 0 bridgehead atoms. The first-order valence-corrected chi connectivity index (χ1v) is 10.3. The van der Waals surface area contributed by atoms with Gasteiger partial charge in [0.05, 0.1) is 13.2 Å². The molecule has 2 aromatic rings. The average molecular weight is 388 g/mol. The van der Waals surface area contributed by atoms with Crippen LogP contribution in [0, 0.1) is 0 Å². The average Bonchev–Trinajstić information content (AvgIpc) is 3.30. The number of carbonyl (C=O) groups is 1. The lowest BCUT2D eigenvalue weighted by molar-refractivity contribution is -0.187. The van der Waals surface area contributed by atoms with Crippen LogP contribution in [0.15, 0.2) is 35.5 Å². The first-order chi connectivity index (χ1) is 13.2. The van der Waals surface area contributed by atoms with Crippen molar-refractivity contribution in [3.8, 4) is 11.4 Å². The van der Waals surface area contributed by atoms with Gasteiger partial charge >= 0.3 is 0 Å². The summed E-state index contributed by atoms with van der Waals surface area (Å²) >= 11 is 1.57. The van der Waals surface area contributed by atoms with Gasteiger partial charge in [0.25, 0.3) is 0 Å². The van der Waals surface area contributed by atoms with Crippen molar-refractivity contribution in [2.24, 2.45) is 7.05 Å². The maximum absolute atomic E-state index is 12.5. The molecule has 1 aromatic carbocycles. The Kier molecular flexibility index (Phi) is 5.47. The lowest BCUT2D eigenvalue weighted by Crippen LogP contribution is -2.47. The van der Waals surface area contributed by atoms with Crippen molar-refractivity contribution >= 4 is 17.7 Å². The number of carbonyl (C=O) groups excluding carboxylic acids is 1. The second-order valence-corrected chi connectivity index (χ2v) is 7.88. The predicted molar refractivity (Wildman–Crippen MR) is 102 cm³/mol. The minimum absolute atomic E-state index is 0.181. The normalized spacial score (nSPS) is 18.9. The van der Waals surface area contributed by atoms with Gasteiger partial charge in [0.15, 0.2) is 16.8 Å². The van der Waals surface area contributed by atoms with Crippen LogP contribution in [0.3, 0.4) is 0 Å². The molecular formula is C19H24N4O3S. The van der Waals surface area contributed by atoms with Gasteiger partial charge in [-0.2, -0.15) is 0 Å². The molecule has 4 rings (SSSR count). The van der Waals surface area contributed by atoms with E-state index in [0.717, 1.165) is 29.4 Å². The van der Waals surface area contributed by atoms with Crippen LogP contribution in [0.4, 0.5) is 0 Å². The number of hydrogen-bond acceptors (Lipinski definition) is 6. The molecule has 7 nitrogen and oxygen atoms in total. The van der Waals surface area contributed by atoms with Crippen molar-refractivity contribution in [2.75, 3.05) is 32.1 Å². The van der Waals surface area contributed by atoms with Crippen molar-refractivity contribution in [1.82, 2.24) is 19.7 Å². The van der Waals surface area contributed by atoms with Gasteiger partial charge in [0, 0.05) is 50.7 Å². The van der Waals surface area contributed by atoms with E-state index in [1.165, 1.54) is 0 Å². The van der Waals surface area contributed by atoms with Crippen LogP contribution >= 0.6 is 11.8 Å². The van der Waals surface area contributed by atoms with Gasteiger partial charge < -0.3 is 18.9 Å². The van der Waals surface area contributed by atoms with Crippen molar-refractivity contribution in [1.29, 1.82) is 0 Å². The van der Waals surface area contributed by atoms with Gasteiger partial charge in [-0.05, 0) is 0 Å². The summed E-state index contributed by atoms with van der Waals surface area (Å²) in [7, 11) is 1.96. The number of thioether (sulfide) groups is 1. The highest BCUT2D eigenvalue weighted by molar-refractivity contribution is 7.99. The molecule has 2 fully saturated rings. The molecule has 0 N–H and O–H groups in total. The van der Waals surface area contributed by atoms with Crippen molar-refractivity contribution in [2.45, 2.75) is 30.2 Å². The minimum Gasteiger partial charge on any atom is -0.347 e. The first-order valence-electron chi connectivity index (χ1n) is 9.30. The zero-order valence-electron chi connectivity index (χ0n) is 15.5. The fourth-order valence-corrected chi connectivity index (χ4v) is 4.39. The Bertz CT molecular complexity index is 780. The van der Waals surface area contributed by atoms with Gasteiger partial charge in [-0.3, -0.25) is 4.79 Å². The second-order valence-electron chi connectivity index (χ2n) is 6.82. The van der Waals surface area contributed by atoms with E-state index in [9.17, 15) is 4.79 Å². The number of likely N-dealkylation sites (tertiary alicyclic amines) is 1. The predicted octanol–water partition coefficient (Wildman–Crippen LogP) is 2.33. The molecule has 1 spiro atoms. The monoisotopic (exact) mass is 388 g/mol. The Morgan fingerprint density at radius 2 is 1.85 bits per heavy atom. The molecule has 2 aliphatic heterocycles. The second kappa shape index (κ2) is 8.00. The highest BCUT2D eigenvalue weighted by Gasteiger charge is 2.40. The number of piperidine rings is 1. The van der Waals surface area contributed by atoms with Gasteiger partial charge in [0.2, 0.25) is 5.91 Å². The molecule has 8 heteroatoms. The highest BCUT2D eigenvalue weighted by atomic mass is 32.2. The van der Waals surface area contributed by atoms with E-state index in [0.29, 0.717) is 38.5 Å². The van der Waals surface area contributed by atoms with Crippen molar-refractivity contribution in [3.05, 3.63) is 30.3 Å². The standard InChI is InChI=1S/C19H24N4O3S/c1-22-17(15-5-3-2-4-6-15)20-21-18(22)27-14-7-16(24)23-10-8-19(9-11-23)25-12-13-26-19/h2-6H,7-14H2,1H3. The van der Waals surface area contributed by atoms with E-state index < -0.39 is 5.79 Å². The minimum atomic E-state index is -0.433. The van der Waals surface area contributed by atoms with Gasteiger partial charge in [-0.25, -0.2) is 0 Å². The van der Waals surface area contributed by atoms with Crippen LogP contribution in [0.25, 0.3) is 11.4 Å². The zero-order valence-corrected chi connectivity index (χ0v) is 16.3. The quantitative estimate of drug-likeness (QED) is 0.733. The van der Waals surface area contributed by atoms with Crippen molar-refractivity contribution in [3.63, 3.8) is 0 Å². The maximum Gasteiger partial charge on any atom is 0.223 e. The number of rotatable bonds is 5. The Morgan fingerprint density at radius 3 is 2.56 bits per heavy atom. The molecule has 2 saturated heterocycles. The van der Waals surface area contributed by atoms with Crippen LogP contribution in [-0.2, 0) is 21.3 Å². The Balaban J connectivity index is 1.27. The molecule has 27 heavy (non-hydrogen) atoms. The molecule has 2 aliphatic rings. The molecule has 0 atom stereocenters. The summed E-state index contributed by atoms with van der Waals surface area (Å²) in [6, 6.07) is 9.99. The number of ether oxygens (including phenoxy) is 2. The smallest absolute Gasteiger partial charge is 0.223 e. The van der Waals surface area contributed by atoms with E-state index >= 15 is 0 Å². The van der Waals surface area contributed by atoms with Crippen LogP contribution in [0.2, 0.25) is 0 Å². The highest BCUT2D eigenvalue weighted by Crippen LogP contribution is 2.31. The number of hydrogen-bond donors (Lipinski definition) is 0. The van der Waals surface area contributed by atoms with E-state index in [2.05, 4.69) is 10.2 Å². The van der Waals surface area contributed by atoms with Crippen LogP contribution in [0.5, 0.6) is 0 Å². The first kappa shape index (κ1) is 18.5. The fraction of sp³-hybridized carbons (Fsp3) is 0.526. The molecule has 1 aromatic heterocycles. The summed E-state index contributed by atoms with van der Waals surface area (Å²) in [4.78, 5) is 14.4. The molecule has 0 radical (unpaired) electrons. The number of aromatic nitrogens is 3. The largest absolute Gasteiger partial charge is 0.347 e. The summed E-state index contributed by atoms with van der Waals surface area (Å²) in [6.45, 7) is 2.72. The lowest BCUT2D eigenvalue weighted by atomic mass is 10.0. The molecule has 144 valence electrons. The summed E-state index contributed by atoms with van der Waals surface area (Å²) < 4.78 is 13.4. The van der Waals surface area contributed by atoms with Crippen molar-refractivity contribution < 1.29 is 14.3 Å². The molecule has 3 heterocycles. The summed E-state index contributed by atoms with van der Waals surface area (Å²) in [6.07, 6.45) is 2.01. The number of nitrogens with zero attached hydrogens (tertiary/aromatic N) is 4. The third-order valence-electron chi connectivity index (χ3n) is 5.11. The fourth-order valence-electron chi connectivity index (χ4n) is 3.55. The third kappa shape index (κ3) is 4.02. The van der Waals surface area contributed by atoms with E-state index in [4.69, 9.17) is 9.47 Å². The summed E-state index contributed by atoms with van der Waals surface area (Å²) in [5.74, 6) is 1.27. The third-order valence-corrected chi connectivity index (χ3v) is 6.13. The summed E-state index contributed by atoms with van der Waals surface area (Å²) in [5.41, 5.74) is 1.04. The van der Waals surface area contributed by atoms with Crippen LogP contribution in [0.1, 0.15) is 19.3 Å². The maximum atomic E-state index is 12.5. The molecular weight excluding hydrogens is 364 g/mol. The Hall–Kier alpha value is -1.90. The van der Waals surface area contributed by atoms with E-state index in [1.807, 2.05) is 46.8 Å². The Labute approximate surface area is 163 Å². The molecule has 0 saturated carbocycles. The molecule has 0 unspecified atom stereocenters. The Morgan fingerprint density at radius 1 is 1.15 bits per heavy atom. The molecule has 0 aliphatic carbocycles. The van der Waals surface area contributed by atoms with E-state index in [1.54, 1.807) is 11.8 Å². The van der Waals surface area contributed by atoms with Crippen LogP contribution in [-0.4, -0.2) is 63.4 Å². The topological polar surface area (TPSA) is 69.5 Å². The van der Waals surface area contributed by atoms with Gasteiger partial charge in [-0.1, -0.05) is 42.1 Å². The van der Waals surface area contributed by atoms with Gasteiger partial charge in [-0.15, -0.1) is 10.2 Å². The molecule has 1 amide bonds. The van der Waals surface area contributed by atoms with Crippen LogP contribution < -0.4 is 0 Å². The SMILES string of the molecule is Cn1c(SCCC(=O)N2CCC3(CC2)OCCO3)nnc1-c1ccccc1. The number of amides is 1. The van der Waals surface area contributed by atoms with Gasteiger partial charge in [0.1, 0.15) is 0 Å².